The molecule has 0 fully saturated rings. The van der Waals surface area contributed by atoms with Crippen molar-refractivity contribution in [3.63, 3.8) is 0 Å². The van der Waals surface area contributed by atoms with E-state index in [-0.39, 0.29) is 11.7 Å². The molecule has 0 saturated heterocycles. The highest BCUT2D eigenvalue weighted by Gasteiger charge is 2.24. The summed E-state index contributed by atoms with van der Waals surface area (Å²) in [4.78, 5) is 18.7. The van der Waals surface area contributed by atoms with Crippen molar-refractivity contribution in [2.24, 2.45) is 4.99 Å². The number of rotatable bonds is 4. The first-order valence-corrected chi connectivity index (χ1v) is 8.95. The Morgan fingerprint density at radius 3 is 2.50 bits per heavy atom. The van der Waals surface area contributed by atoms with E-state index in [1.54, 1.807) is 29.2 Å². The van der Waals surface area contributed by atoms with Crippen LogP contribution in [0.15, 0.2) is 53.5 Å². The van der Waals surface area contributed by atoms with E-state index in [0.29, 0.717) is 30.3 Å². The SMILES string of the molecule is O=C(Cc1ccc(Cl)cc1)N1CCN=C1SCc1ccc(F)cc1. The highest BCUT2D eigenvalue weighted by molar-refractivity contribution is 8.13. The van der Waals surface area contributed by atoms with Gasteiger partial charge in [0, 0.05) is 17.3 Å². The molecule has 0 unspecified atom stereocenters. The van der Waals surface area contributed by atoms with Crippen molar-refractivity contribution in [3.05, 3.63) is 70.5 Å². The van der Waals surface area contributed by atoms with E-state index in [1.165, 1.54) is 23.9 Å². The van der Waals surface area contributed by atoms with Crippen LogP contribution >= 0.6 is 23.4 Å². The highest BCUT2D eigenvalue weighted by atomic mass is 35.5. The summed E-state index contributed by atoms with van der Waals surface area (Å²) in [6.45, 7) is 1.23. The van der Waals surface area contributed by atoms with Gasteiger partial charge in [0.1, 0.15) is 5.82 Å². The summed E-state index contributed by atoms with van der Waals surface area (Å²) in [7, 11) is 0. The van der Waals surface area contributed by atoms with Crippen molar-refractivity contribution in [2.45, 2.75) is 12.2 Å². The van der Waals surface area contributed by atoms with E-state index < -0.39 is 0 Å². The Kier molecular flexibility index (Phi) is 5.53. The van der Waals surface area contributed by atoms with E-state index >= 15 is 0 Å². The molecule has 0 spiro atoms. The fraction of sp³-hybridized carbons (Fsp3) is 0.222. The molecule has 0 aliphatic carbocycles. The van der Waals surface area contributed by atoms with E-state index in [0.717, 1.165) is 16.3 Å². The molecule has 2 aromatic carbocycles. The number of benzene rings is 2. The molecule has 1 aliphatic heterocycles. The van der Waals surface area contributed by atoms with Crippen LogP contribution in [-0.4, -0.2) is 29.1 Å². The molecule has 0 atom stereocenters. The normalized spacial score (nSPS) is 13.9. The summed E-state index contributed by atoms with van der Waals surface area (Å²) in [5.41, 5.74) is 1.93. The second-order valence-corrected chi connectivity index (χ2v) is 6.81. The summed E-state index contributed by atoms with van der Waals surface area (Å²) >= 11 is 7.37. The lowest BCUT2D eigenvalue weighted by Crippen LogP contribution is -2.34. The van der Waals surface area contributed by atoms with Crippen molar-refractivity contribution in [1.82, 2.24) is 4.90 Å². The molecular weight excluding hydrogens is 347 g/mol. The fourth-order valence-electron chi connectivity index (χ4n) is 2.38. The monoisotopic (exact) mass is 362 g/mol. The van der Waals surface area contributed by atoms with E-state index in [9.17, 15) is 9.18 Å². The number of nitrogens with zero attached hydrogens (tertiary/aromatic N) is 2. The van der Waals surface area contributed by atoms with E-state index in [2.05, 4.69) is 4.99 Å². The first-order valence-electron chi connectivity index (χ1n) is 7.58. The van der Waals surface area contributed by atoms with Gasteiger partial charge in [0.15, 0.2) is 5.17 Å². The van der Waals surface area contributed by atoms with Gasteiger partial charge in [-0.25, -0.2) is 4.39 Å². The number of aliphatic imine (C=N–C) groups is 1. The van der Waals surface area contributed by atoms with Crippen LogP contribution in [0.2, 0.25) is 5.02 Å². The Balaban J connectivity index is 1.59. The third-order valence-electron chi connectivity index (χ3n) is 3.65. The van der Waals surface area contributed by atoms with Gasteiger partial charge in [-0.15, -0.1) is 0 Å². The van der Waals surface area contributed by atoms with E-state index in [4.69, 9.17) is 11.6 Å². The van der Waals surface area contributed by atoms with Gasteiger partial charge < -0.3 is 0 Å². The van der Waals surface area contributed by atoms with Crippen LogP contribution in [0, 0.1) is 5.82 Å². The second-order valence-electron chi connectivity index (χ2n) is 5.43. The second kappa shape index (κ2) is 7.81. The van der Waals surface area contributed by atoms with Crippen molar-refractivity contribution in [2.75, 3.05) is 13.1 Å². The highest BCUT2D eigenvalue weighted by Crippen LogP contribution is 2.21. The maximum absolute atomic E-state index is 12.9. The molecule has 0 N–H and O–H groups in total. The quantitative estimate of drug-likeness (QED) is 0.818. The minimum Gasteiger partial charge on any atom is -0.289 e. The van der Waals surface area contributed by atoms with Gasteiger partial charge in [-0.2, -0.15) is 0 Å². The average molecular weight is 363 g/mol. The van der Waals surface area contributed by atoms with E-state index in [1.807, 2.05) is 12.1 Å². The molecule has 24 heavy (non-hydrogen) atoms. The molecule has 1 aliphatic rings. The maximum atomic E-state index is 12.9. The lowest BCUT2D eigenvalue weighted by molar-refractivity contribution is -0.126. The first-order chi connectivity index (χ1) is 11.6. The van der Waals surface area contributed by atoms with Gasteiger partial charge in [0.25, 0.3) is 0 Å². The minimum atomic E-state index is -0.248. The van der Waals surface area contributed by atoms with Crippen LogP contribution < -0.4 is 0 Å². The molecular formula is C18H16ClFN2OS. The lowest BCUT2D eigenvalue weighted by atomic mass is 10.1. The summed E-state index contributed by atoms with van der Waals surface area (Å²) in [6, 6.07) is 13.7. The smallest absolute Gasteiger partial charge is 0.233 e. The number of hydrogen-bond donors (Lipinski definition) is 0. The van der Waals surface area contributed by atoms with Gasteiger partial charge in [0.05, 0.1) is 13.0 Å². The number of carbonyl (C=O) groups excluding carboxylic acids is 1. The van der Waals surface area contributed by atoms with Crippen molar-refractivity contribution < 1.29 is 9.18 Å². The summed E-state index contributed by atoms with van der Waals surface area (Å²) < 4.78 is 12.9. The van der Waals surface area contributed by atoms with Gasteiger partial charge in [-0.05, 0) is 35.4 Å². The molecule has 6 heteroatoms. The molecule has 3 nitrogen and oxygen atoms in total. The molecule has 1 heterocycles. The third kappa shape index (κ3) is 4.36. The number of amides is 1. The molecule has 3 rings (SSSR count). The van der Waals surface area contributed by atoms with Crippen LogP contribution in [0.25, 0.3) is 0 Å². The van der Waals surface area contributed by atoms with Crippen LogP contribution in [0.4, 0.5) is 4.39 Å². The minimum absolute atomic E-state index is 0.0279. The molecule has 1 amide bonds. The Labute approximate surface area is 149 Å². The predicted molar refractivity (Wildman–Crippen MR) is 96.9 cm³/mol. The van der Waals surface area contributed by atoms with Crippen LogP contribution in [0.1, 0.15) is 11.1 Å². The van der Waals surface area contributed by atoms with Crippen LogP contribution in [-0.2, 0) is 17.0 Å². The zero-order chi connectivity index (χ0) is 16.9. The average Bonchev–Trinajstić information content (AvgIpc) is 3.05. The molecule has 0 bridgehead atoms. The first kappa shape index (κ1) is 17.0. The van der Waals surface area contributed by atoms with Crippen molar-refractivity contribution in [1.29, 1.82) is 0 Å². The summed E-state index contributed by atoms with van der Waals surface area (Å²) in [6.07, 6.45) is 0.327. The molecule has 2 aromatic rings. The summed E-state index contributed by atoms with van der Waals surface area (Å²) in [5, 5.41) is 1.39. The molecule has 124 valence electrons. The Bertz CT molecular complexity index is 747. The van der Waals surface area contributed by atoms with Gasteiger partial charge in [0.2, 0.25) is 5.91 Å². The molecule has 0 saturated carbocycles. The zero-order valence-corrected chi connectivity index (χ0v) is 14.5. The topological polar surface area (TPSA) is 32.7 Å². The van der Waals surface area contributed by atoms with Crippen LogP contribution in [0.5, 0.6) is 0 Å². The van der Waals surface area contributed by atoms with Gasteiger partial charge in [-0.3, -0.25) is 14.7 Å². The largest absolute Gasteiger partial charge is 0.289 e. The molecule has 0 aromatic heterocycles. The number of carbonyl (C=O) groups is 1. The Hall–Kier alpha value is -1.85. The zero-order valence-electron chi connectivity index (χ0n) is 12.9. The number of thioether (sulfide) groups is 1. The number of amidine groups is 1. The third-order valence-corrected chi connectivity index (χ3v) is 4.99. The van der Waals surface area contributed by atoms with Crippen molar-refractivity contribution >= 4 is 34.4 Å². The fourth-order valence-corrected chi connectivity index (χ4v) is 3.53. The standard InChI is InChI=1S/C18H16ClFN2OS/c19-15-5-1-13(2-6-15)11-17(23)22-10-9-21-18(22)24-12-14-3-7-16(20)8-4-14/h1-8H,9-12H2. The molecule has 0 radical (unpaired) electrons. The lowest BCUT2D eigenvalue weighted by Gasteiger charge is -2.18. The predicted octanol–water partition coefficient (Wildman–Crippen LogP) is 4.15. The van der Waals surface area contributed by atoms with Crippen molar-refractivity contribution in [3.8, 4) is 0 Å². The van der Waals surface area contributed by atoms with Gasteiger partial charge in [-0.1, -0.05) is 47.6 Å². The number of halogens is 2. The maximum Gasteiger partial charge on any atom is 0.233 e. The Morgan fingerprint density at radius 1 is 1.12 bits per heavy atom. The Morgan fingerprint density at radius 2 is 1.79 bits per heavy atom. The van der Waals surface area contributed by atoms with Crippen LogP contribution in [0.3, 0.4) is 0 Å². The number of hydrogen-bond acceptors (Lipinski definition) is 3. The van der Waals surface area contributed by atoms with Gasteiger partial charge >= 0.3 is 0 Å². The summed E-state index contributed by atoms with van der Waals surface area (Å²) in [5.74, 6) is 0.436.